The quantitative estimate of drug-likeness (QED) is 0.944. The summed E-state index contributed by atoms with van der Waals surface area (Å²) in [5, 5.41) is 3.53. The minimum atomic E-state index is 0.118. The van der Waals surface area contributed by atoms with E-state index in [-0.39, 0.29) is 5.41 Å². The van der Waals surface area contributed by atoms with Crippen molar-refractivity contribution in [1.82, 2.24) is 5.32 Å². The Morgan fingerprint density at radius 3 is 3.05 bits per heavy atom. The van der Waals surface area contributed by atoms with Gasteiger partial charge in [-0.05, 0) is 23.3 Å². The highest BCUT2D eigenvalue weighted by atomic mass is 16.7. The Labute approximate surface area is 129 Å². The van der Waals surface area contributed by atoms with Crippen molar-refractivity contribution in [2.24, 2.45) is 0 Å². The van der Waals surface area contributed by atoms with E-state index in [0.29, 0.717) is 19.3 Å². The van der Waals surface area contributed by atoms with Gasteiger partial charge in [0.15, 0.2) is 11.5 Å². The number of fused-ring (bicyclic) bond motifs is 5. The fourth-order valence-electron chi connectivity index (χ4n) is 4.03. The van der Waals surface area contributed by atoms with Crippen LogP contribution in [0.2, 0.25) is 0 Å². The average Bonchev–Trinajstić information content (AvgIpc) is 3.15. The lowest BCUT2D eigenvalue weighted by atomic mass is 9.58. The van der Waals surface area contributed by atoms with E-state index < -0.39 is 0 Å². The van der Waals surface area contributed by atoms with E-state index in [2.05, 4.69) is 29.6 Å². The molecule has 1 saturated heterocycles. The molecule has 3 aliphatic rings. The van der Waals surface area contributed by atoms with Gasteiger partial charge in [0.1, 0.15) is 5.75 Å². The van der Waals surface area contributed by atoms with Crippen LogP contribution in [-0.2, 0) is 5.41 Å². The van der Waals surface area contributed by atoms with Crippen LogP contribution in [-0.4, -0.2) is 26.5 Å². The number of hydrogen-bond acceptors (Lipinski definition) is 4. The smallest absolute Gasteiger partial charge is 0.231 e. The monoisotopic (exact) mass is 295 g/mol. The van der Waals surface area contributed by atoms with Crippen molar-refractivity contribution in [2.75, 3.05) is 26.5 Å². The van der Waals surface area contributed by atoms with Crippen molar-refractivity contribution in [3.8, 4) is 17.2 Å². The summed E-state index contributed by atoms with van der Waals surface area (Å²) in [4.78, 5) is 0. The fraction of sp³-hybridized carbons (Fsp3) is 0.333. The van der Waals surface area contributed by atoms with Crippen LogP contribution in [0.5, 0.6) is 17.2 Å². The van der Waals surface area contributed by atoms with Crippen molar-refractivity contribution in [3.63, 3.8) is 0 Å². The molecule has 5 rings (SSSR count). The van der Waals surface area contributed by atoms with Crippen molar-refractivity contribution in [3.05, 3.63) is 53.6 Å². The zero-order valence-corrected chi connectivity index (χ0v) is 12.2. The summed E-state index contributed by atoms with van der Waals surface area (Å²) in [7, 11) is 0. The molecule has 0 amide bonds. The van der Waals surface area contributed by atoms with E-state index in [9.17, 15) is 0 Å². The average molecular weight is 295 g/mol. The Morgan fingerprint density at radius 2 is 2.05 bits per heavy atom. The minimum Gasteiger partial charge on any atom is -0.492 e. The highest BCUT2D eigenvalue weighted by Gasteiger charge is 2.54. The minimum absolute atomic E-state index is 0.118. The summed E-state index contributed by atoms with van der Waals surface area (Å²) in [5.74, 6) is 2.97. The first kappa shape index (κ1) is 12.4. The van der Waals surface area contributed by atoms with Crippen LogP contribution in [0.25, 0.3) is 0 Å². The normalized spacial score (nSPS) is 27.0. The number of hydrogen-bond donors (Lipinski definition) is 1. The van der Waals surface area contributed by atoms with Crippen LogP contribution >= 0.6 is 0 Å². The Bertz CT molecular complexity index is 745. The molecule has 0 aromatic heterocycles. The molecule has 2 aromatic rings. The third-order valence-electron chi connectivity index (χ3n) is 5.17. The lowest BCUT2D eigenvalue weighted by Gasteiger charge is -2.46. The molecule has 4 heteroatoms. The molecule has 1 N–H and O–H groups in total. The topological polar surface area (TPSA) is 39.7 Å². The number of rotatable bonds is 3. The van der Waals surface area contributed by atoms with Gasteiger partial charge in [-0.3, -0.25) is 0 Å². The summed E-state index contributed by atoms with van der Waals surface area (Å²) in [6, 6.07) is 14.5. The Balaban J connectivity index is 1.40. The van der Waals surface area contributed by atoms with Crippen LogP contribution in [0.3, 0.4) is 0 Å². The Kier molecular flexibility index (Phi) is 2.47. The first-order chi connectivity index (χ1) is 10.9. The van der Waals surface area contributed by atoms with E-state index in [1.54, 1.807) is 0 Å². The number of benzene rings is 2. The second-order valence-corrected chi connectivity index (χ2v) is 6.23. The van der Waals surface area contributed by atoms with Crippen molar-refractivity contribution < 1.29 is 14.2 Å². The summed E-state index contributed by atoms with van der Waals surface area (Å²) in [6.45, 7) is 3.02. The molecule has 4 nitrogen and oxygen atoms in total. The number of ether oxygens (including phenoxy) is 3. The standard InChI is InChI=1S/C18H17NO3/c1-2-4-14-13(3-1)15-8-19-9-18(14,15)10-20-12-5-6-16-17(7-12)22-11-21-16/h1-7,15,19H,8-11H2/t15-,18-/m0/s1. The molecule has 0 spiro atoms. The molecule has 1 aliphatic carbocycles. The van der Waals surface area contributed by atoms with Gasteiger partial charge >= 0.3 is 0 Å². The van der Waals surface area contributed by atoms with E-state index in [4.69, 9.17) is 14.2 Å². The molecule has 0 saturated carbocycles. The van der Waals surface area contributed by atoms with Crippen molar-refractivity contribution >= 4 is 0 Å². The number of nitrogens with one attached hydrogen (secondary N) is 1. The van der Waals surface area contributed by atoms with E-state index >= 15 is 0 Å². The maximum atomic E-state index is 6.12. The molecule has 2 atom stereocenters. The molecule has 112 valence electrons. The Hall–Kier alpha value is -2.20. The van der Waals surface area contributed by atoms with Gasteiger partial charge in [0.05, 0.1) is 12.0 Å². The van der Waals surface area contributed by atoms with Crippen LogP contribution < -0.4 is 19.5 Å². The molecule has 2 heterocycles. The van der Waals surface area contributed by atoms with E-state index in [1.165, 1.54) is 11.1 Å². The van der Waals surface area contributed by atoms with Gasteiger partial charge in [-0.15, -0.1) is 0 Å². The predicted molar refractivity (Wildman–Crippen MR) is 81.8 cm³/mol. The highest BCUT2D eigenvalue weighted by Crippen LogP contribution is 2.53. The van der Waals surface area contributed by atoms with Gasteiger partial charge in [0, 0.05) is 25.1 Å². The SMILES string of the molecule is c1ccc2c(c1)[C@@H]1CNC[C@]21COc1ccc2c(c1)OCO2. The first-order valence-corrected chi connectivity index (χ1v) is 7.69. The first-order valence-electron chi connectivity index (χ1n) is 7.69. The van der Waals surface area contributed by atoms with Crippen LogP contribution in [0.4, 0.5) is 0 Å². The molecular formula is C18H17NO3. The molecule has 0 unspecified atom stereocenters. The molecule has 0 bridgehead atoms. The van der Waals surface area contributed by atoms with Crippen molar-refractivity contribution in [2.45, 2.75) is 11.3 Å². The molecule has 2 aliphatic heterocycles. The summed E-state index contributed by atoms with van der Waals surface area (Å²) < 4.78 is 16.9. The molecule has 0 radical (unpaired) electrons. The van der Waals surface area contributed by atoms with Gasteiger partial charge in [-0.1, -0.05) is 24.3 Å². The highest BCUT2D eigenvalue weighted by molar-refractivity contribution is 5.53. The van der Waals surface area contributed by atoms with Crippen LogP contribution in [0.15, 0.2) is 42.5 Å². The van der Waals surface area contributed by atoms with Gasteiger partial charge in [-0.25, -0.2) is 0 Å². The maximum absolute atomic E-state index is 6.12. The van der Waals surface area contributed by atoms with Gasteiger partial charge in [0.2, 0.25) is 6.79 Å². The van der Waals surface area contributed by atoms with Gasteiger partial charge in [-0.2, -0.15) is 0 Å². The van der Waals surface area contributed by atoms with Gasteiger partial charge < -0.3 is 19.5 Å². The van der Waals surface area contributed by atoms with Crippen molar-refractivity contribution in [1.29, 1.82) is 0 Å². The van der Waals surface area contributed by atoms with Crippen LogP contribution in [0, 0.1) is 0 Å². The Morgan fingerprint density at radius 1 is 1.14 bits per heavy atom. The molecular weight excluding hydrogens is 278 g/mol. The predicted octanol–water partition coefficient (Wildman–Crippen LogP) is 2.43. The van der Waals surface area contributed by atoms with Crippen LogP contribution in [0.1, 0.15) is 17.0 Å². The zero-order chi connectivity index (χ0) is 14.6. The summed E-state index contributed by atoms with van der Waals surface area (Å²) in [6.07, 6.45) is 0. The zero-order valence-electron chi connectivity index (χ0n) is 12.2. The maximum Gasteiger partial charge on any atom is 0.231 e. The summed E-state index contributed by atoms with van der Waals surface area (Å²) >= 11 is 0. The fourth-order valence-corrected chi connectivity index (χ4v) is 4.03. The molecule has 1 fully saturated rings. The third-order valence-corrected chi connectivity index (χ3v) is 5.17. The lowest BCUT2D eigenvalue weighted by Crippen LogP contribution is -2.48. The largest absolute Gasteiger partial charge is 0.492 e. The second kappa shape index (κ2) is 4.40. The molecule has 22 heavy (non-hydrogen) atoms. The van der Waals surface area contributed by atoms with Gasteiger partial charge in [0.25, 0.3) is 0 Å². The molecule has 2 aromatic carbocycles. The lowest BCUT2D eigenvalue weighted by molar-refractivity contribution is 0.173. The third kappa shape index (κ3) is 1.56. The summed E-state index contributed by atoms with van der Waals surface area (Å²) in [5.41, 5.74) is 3.03. The second-order valence-electron chi connectivity index (χ2n) is 6.23. The van der Waals surface area contributed by atoms with E-state index in [1.807, 2.05) is 18.2 Å². The van der Waals surface area contributed by atoms with E-state index in [0.717, 1.165) is 30.3 Å².